The third kappa shape index (κ3) is 4.10. The van der Waals surface area contributed by atoms with Gasteiger partial charge < -0.3 is 14.7 Å². The molecule has 1 N–H and O–H groups in total. The van der Waals surface area contributed by atoms with E-state index in [0.29, 0.717) is 45.6 Å². The van der Waals surface area contributed by atoms with Crippen molar-refractivity contribution < 1.29 is 19.4 Å². The predicted molar refractivity (Wildman–Crippen MR) is 111 cm³/mol. The largest absolute Gasteiger partial charge is 0.466 e. The number of amides is 1. The summed E-state index contributed by atoms with van der Waals surface area (Å²) < 4.78 is 5.53. The van der Waals surface area contributed by atoms with Crippen LogP contribution >= 0.6 is 0 Å². The molecule has 2 saturated heterocycles. The van der Waals surface area contributed by atoms with Gasteiger partial charge in [-0.05, 0) is 51.7 Å². The van der Waals surface area contributed by atoms with Crippen LogP contribution in [0, 0.1) is 24.2 Å². The summed E-state index contributed by atoms with van der Waals surface area (Å²) >= 11 is 0. The first kappa shape index (κ1) is 21.2. The van der Waals surface area contributed by atoms with Gasteiger partial charge in [0.25, 0.3) is 0 Å². The lowest BCUT2D eigenvalue weighted by Gasteiger charge is -2.36. The minimum Gasteiger partial charge on any atom is -0.466 e. The lowest BCUT2D eigenvalue weighted by molar-refractivity contribution is -0.158. The number of ether oxygens (including phenoxy) is 1. The molecule has 4 rings (SSSR count). The number of aliphatic hydroxyl groups excluding tert-OH is 1. The Morgan fingerprint density at radius 3 is 2.80 bits per heavy atom. The molecule has 3 aliphatic rings. The van der Waals surface area contributed by atoms with Gasteiger partial charge in [-0.15, -0.1) is 0 Å². The Labute approximate surface area is 178 Å². The van der Waals surface area contributed by atoms with E-state index in [1.807, 2.05) is 36.9 Å². The van der Waals surface area contributed by atoms with Crippen LogP contribution in [0.3, 0.4) is 0 Å². The van der Waals surface area contributed by atoms with Gasteiger partial charge in [0.15, 0.2) is 0 Å². The fourth-order valence-corrected chi connectivity index (χ4v) is 5.43. The van der Waals surface area contributed by atoms with E-state index < -0.39 is 5.41 Å². The van der Waals surface area contributed by atoms with Gasteiger partial charge in [-0.25, -0.2) is 0 Å². The van der Waals surface area contributed by atoms with Crippen molar-refractivity contribution in [2.45, 2.75) is 52.2 Å². The summed E-state index contributed by atoms with van der Waals surface area (Å²) in [5.74, 6) is 0.00345. The molecule has 3 fully saturated rings. The maximum absolute atomic E-state index is 13.1. The van der Waals surface area contributed by atoms with Gasteiger partial charge >= 0.3 is 5.97 Å². The Balaban J connectivity index is 1.52. The normalized spacial score (nSPS) is 31.6. The van der Waals surface area contributed by atoms with E-state index in [1.165, 1.54) is 0 Å². The second-order valence-corrected chi connectivity index (χ2v) is 9.22. The van der Waals surface area contributed by atoms with Crippen LogP contribution in [0.1, 0.15) is 44.0 Å². The smallest absolute Gasteiger partial charge is 0.313 e. The minimum absolute atomic E-state index is 0.0535. The van der Waals surface area contributed by atoms with E-state index in [-0.39, 0.29) is 29.8 Å². The van der Waals surface area contributed by atoms with Crippen LogP contribution in [0.15, 0.2) is 18.2 Å². The number of aliphatic hydroxyl groups is 1. The van der Waals surface area contributed by atoms with E-state index in [4.69, 9.17) is 4.74 Å². The first-order valence-electron chi connectivity index (χ1n) is 11.2. The van der Waals surface area contributed by atoms with Crippen molar-refractivity contribution in [1.82, 2.24) is 14.8 Å². The SMILES string of the molecule is CCOC(=O)[C@]12CCCN(C(=O)C3CC(O)C3)C[C@H]1CN(Cc1cccc(C)n1)C2. The average molecular weight is 416 g/mol. The maximum atomic E-state index is 13.1. The monoisotopic (exact) mass is 415 g/mol. The van der Waals surface area contributed by atoms with E-state index in [0.717, 1.165) is 30.8 Å². The summed E-state index contributed by atoms with van der Waals surface area (Å²) in [5, 5.41) is 9.59. The fraction of sp³-hybridized carbons (Fsp3) is 0.696. The lowest BCUT2D eigenvalue weighted by Crippen LogP contribution is -2.47. The van der Waals surface area contributed by atoms with Crippen LogP contribution in [-0.4, -0.2) is 70.7 Å². The number of aryl methyl sites for hydroxylation is 1. The standard InChI is InChI=1S/C23H33N3O4/c1-3-30-22(29)23-8-5-9-26(21(28)17-10-20(27)11-17)13-18(23)12-25(15-23)14-19-7-4-6-16(2)24-19/h4,6-7,17-18,20,27H,3,5,8-15H2,1-2H3/t17?,18-,20?,23+/m1/s1. The summed E-state index contributed by atoms with van der Waals surface area (Å²) in [7, 11) is 0. The fourth-order valence-electron chi connectivity index (χ4n) is 5.43. The molecule has 1 aromatic rings. The Hall–Kier alpha value is -1.99. The van der Waals surface area contributed by atoms with E-state index in [1.54, 1.807) is 0 Å². The third-order valence-corrected chi connectivity index (χ3v) is 7.05. The van der Waals surface area contributed by atoms with Crippen LogP contribution < -0.4 is 0 Å². The molecule has 0 bridgehead atoms. The Morgan fingerprint density at radius 1 is 1.30 bits per heavy atom. The Bertz CT molecular complexity index is 794. The quantitative estimate of drug-likeness (QED) is 0.738. The number of pyridine rings is 1. The van der Waals surface area contributed by atoms with Gasteiger partial charge in [-0.1, -0.05) is 6.07 Å². The number of hydrogen-bond acceptors (Lipinski definition) is 6. The van der Waals surface area contributed by atoms with Crippen molar-refractivity contribution in [3.63, 3.8) is 0 Å². The zero-order valence-electron chi connectivity index (χ0n) is 18.0. The van der Waals surface area contributed by atoms with Crippen molar-refractivity contribution in [3.8, 4) is 0 Å². The number of carbonyl (C=O) groups excluding carboxylic acids is 2. The zero-order valence-corrected chi connectivity index (χ0v) is 18.0. The average Bonchev–Trinajstić information content (AvgIpc) is 2.92. The molecule has 7 heteroatoms. The summed E-state index contributed by atoms with van der Waals surface area (Å²) in [6, 6.07) is 6.02. The summed E-state index contributed by atoms with van der Waals surface area (Å²) in [4.78, 5) is 34.9. The molecule has 30 heavy (non-hydrogen) atoms. The first-order valence-corrected chi connectivity index (χ1v) is 11.2. The van der Waals surface area contributed by atoms with Crippen LogP contribution in [0.2, 0.25) is 0 Å². The topological polar surface area (TPSA) is 83.0 Å². The summed E-state index contributed by atoms with van der Waals surface area (Å²) in [6.07, 6.45) is 2.33. The van der Waals surface area contributed by atoms with Crippen LogP contribution in [-0.2, 0) is 20.9 Å². The third-order valence-electron chi connectivity index (χ3n) is 7.05. The molecule has 2 atom stereocenters. The van der Waals surface area contributed by atoms with Gasteiger partial charge in [-0.3, -0.25) is 19.5 Å². The molecule has 0 spiro atoms. The molecule has 1 saturated carbocycles. The molecule has 1 aromatic heterocycles. The maximum Gasteiger partial charge on any atom is 0.313 e. The molecule has 7 nitrogen and oxygen atoms in total. The summed E-state index contributed by atoms with van der Waals surface area (Å²) in [6.45, 7) is 7.57. The van der Waals surface area contributed by atoms with Gasteiger partial charge in [0.2, 0.25) is 5.91 Å². The van der Waals surface area contributed by atoms with Crippen molar-refractivity contribution in [2.24, 2.45) is 17.3 Å². The molecule has 3 heterocycles. The van der Waals surface area contributed by atoms with Gasteiger partial charge in [0.1, 0.15) is 0 Å². The second kappa shape index (κ2) is 8.63. The number of rotatable bonds is 5. The van der Waals surface area contributed by atoms with E-state index in [9.17, 15) is 14.7 Å². The van der Waals surface area contributed by atoms with E-state index in [2.05, 4.69) is 9.88 Å². The Kier molecular flexibility index (Phi) is 6.11. The number of aromatic nitrogens is 1. The highest BCUT2D eigenvalue weighted by Gasteiger charge is 2.54. The predicted octanol–water partition coefficient (Wildman–Crippen LogP) is 1.76. The van der Waals surface area contributed by atoms with Gasteiger partial charge in [0, 0.05) is 50.3 Å². The summed E-state index contributed by atoms with van der Waals surface area (Å²) in [5.41, 5.74) is 1.43. The number of fused-ring (bicyclic) bond motifs is 1. The number of esters is 1. The van der Waals surface area contributed by atoms with Gasteiger partial charge in [0.05, 0.1) is 23.8 Å². The van der Waals surface area contributed by atoms with Crippen molar-refractivity contribution in [3.05, 3.63) is 29.6 Å². The van der Waals surface area contributed by atoms with E-state index >= 15 is 0 Å². The van der Waals surface area contributed by atoms with Crippen LogP contribution in [0.4, 0.5) is 0 Å². The van der Waals surface area contributed by atoms with Crippen molar-refractivity contribution in [2.75, 3.05) is 32.8 Å². The second-order valence-electron chi connectivity index (χ2n) is 9.22. The highest BCUT2D eigenvalue weighted by atomic mass is 16.5. The molecule has 1 aliphatic carbocycles. The number of hydrogen-bond donors (Lipinski definition) is 1. The van der Waals surface area contributed by atoms with Crippen LogP contribution in [0.25, 0.3) is 0 Å². The van der Waals surface area contributed by atoms with Crippen LogP contribution in [0.5, 0.6) is 0 Å². The number of nitrogens with zero attached hydrogens (tertiary/aromatic N) is 3. The number of carbonyl (C=O) groups is 2. The van der Waals surface area contributed by atoms with Gasteiger partial charge in [-0.2, -0.15) is 0 Å². The minimum atomic E-state index is -0.562. The molecule has 0 aromatic carbocycles. The highest BCUT2D eigenvalue weighted by Crippen LogP contribution is 2.44. The molecule has 0 unspecified atom stereocenters. The molecule has 164 valence electrons. The molecular formula is C23H33N3O4. The first-order chi connectivity index (χ1) is 14.4. The molecule has 0 radical (unpaired) electrons. The molecular weight excluding hydrogens is 382 g/mol. The van der Waals surface area contributed by atoms with Crippen molar-refractivity contribution in [1.29, 1.82) is 0 Å². The number of likely N-dealkylation sites (tertiary alicyclic amines) is 2. The van der Waals surface area contributed by atoms with Crippen molar-refractivity contribution >= 4 is 11.9 Å². The highest BCUT2D eigenvalue weighted by molar-refractivity contribution is 5.81. The molecule has 2 aliphatic heterocycles. The zero-order chi connectivity index (χ0) is 21.3. The Morgan fingerprint density at radius 2 is 2.10 bits per heavy atom. The molecule has 1 amide bonds. The lowest BCUT2D eigenvalue weighted by atomic mass is 9.75.